The number of hydrogen-bond donors (Lipinski definition) is 0. The van der Waals surface area contributed by atoms with Gasteiger partial charge >= 0.3 is 0 Å². The molecule has 28 heavy (non-hydrogen) atoms. The number of nitrogens with zero attached hydrogens (tertiary/aromatic N) is 2. The lowest BCUT2D eigenvalue weighted by molar-refractivity contribution is -0.169. The van der Waals surface area contributed by atoms with Gasteiger partial charge in [-0.25, -0.2) is 0 Å². The van der Waals surface area contributed by atoms with Crippen molar-refractivity contribution in [1.29, 1.82) is 0 Å². The van der Waals surface area contributed by atoms with E-state index in [-0.39, 0.29) is 11.8 Å². The molecular formula is C23H20N2O3. The Morgan fingerprint density at radius 1 is 1.14 bits per heavy atom. The molecule has 0 spiro atoms. The molecule has 2 aromatic rings. The van der Waals surface area contributed by atoms with Crippen molar-refractivity contribution in [3.8, 4) is 12.3 Å². The second kappa shape index (κ2) is 6.28. The predicted octanol–water partition coefficient (Wildman–Crippen LogP) is 3.00. The van der Waals surface area contributed by atoms with E-state index in [1.54, 1.807) is 31.9 Å². The molecule has 4 rings (SSSR count). The maximum Gasteiger partial charge on any atom is 0.254 e. The third kappa shape index (κ3) is 2.35. The van der Waals surface area contributed by atoms with Gasteiger partial charge in [-0.1, -0.05) is 36.3 Å². The van der Waals surface area contributed by atoms with E-state index in [4.69, 9.17) is 11.2 Å². The zero-order valence-electron chi connectivity index (χ0n) is 16.0. The maximum absolute atomic E-state index is 13.2. The molecule has 0 radical (unpaired) electrons. The monoisotopic (exact) mass is 372 g/mol. The van der Waals surface area contributed by atoms with Gasteiger partial charge < -0.3 is 9.64 Å². The Morgan fingerprint density at radius 2 is 1.86 bits per heavy atom. The summed E-state index contributed by atoms with van der Waals surface area (Å²) in [5.41, 5.74) is 1.42. The molecule has 2 heterocycles. The smallest absolute Gasteiger partial charge is 0.254 e. The molecule has 2 aliphatic heterocycles. The molecule has 2 amide bonds. The molecule has 2 aliphatic rings. The lowest BCUT2D eigenvalue weighted by Gasteiger charge is -2.47. The SMILES string of the molecule is C#Cc1ccc2c(c1)C1(c3ccccc3)OC(C)=CC(=O)N1C(C)C(=O)N2C. The van der Waals surface area contributed by atoms with Crippen LogP contribution in [0.2, 0.25) is 0 Å². The topological polar surface area (TPSA) is 49.9 Å². The quantitative estimate of drug-likeness (QED) is 0.723. The lowest BCUT2D eigenvalue weighted by Crippen LogP contribution is -2.58. The summed E-state index contributed by atoms with van der Waals surface area (Å²) >= 11 is 0. The Balaban J connectivity index is 2.16. The first-order chi connectivity index (χ1) is 13.4. The lowest BCUT2D eigenvalue weighted by atomic mass is 9.88. The van der Waals surface area contributed by atoms with E-state index in [1.165, 1.54) is 11.0 Å². The second-order valence-electron chi connectivity index (χ2n) is 7.02. The number of allylic oxidation sites excluding steroid dienone is 1. The summed E-state index contributed by atoms with van der Waals surface area (Å²) in [5.74, 6) is 2.65. The molecule has 2 aromatic carbocycles. The van der Waals surface area contributed by atoms with Crippen LogP contribution in [0.4, 0.5) is 5.69 Å². The highest BCUT2D eigenvalue weighted by atomic mass is 16.5. The molecule has 0 fully saturated rings. The number of fused-ring (bicyclic) bond motifs is 3. The van der Waals surface area contributed by atoms with Crippen molar-refractivity contribution in [3.63, 3.8) is 0 Å². The minimum absolute atomic E-state index is 0.197. The molecule has 2 unspecified atom stereocenters. The summed E-state index contributed by atoms with van der Waals surface area (Å²) in [7, 11) is 1.70. The molecule has 140 valence electrons. The molecule has 5 heteroatoms. The van der Waals surface area contributed by atoms with Crippen molar-refractivity contribution in [3.05, 3.63) is 77.1 Å². The van der Waals surface area contributed by atoms with Crippen molar-refractivity contribution in [2.45, 2.75) is 25.6 Å². The Labute approximate surface area is 164 Å². The normalized spacial score (nSPS) is 23.8. The van der Waals surface area contributed by atoms with Crippen molar-refractivity contribution < 1.29 is 14.3 Å². The third-order valence-electron chi connectivity index (χ3n) is 5.34. The van der Waals surface area contributed by atoms with Crippen molar-refractivity contribution in [1.82, 2.24) is 4.90 Å². The highest BCUT2D eigenvalue weighted by Crippen LogP contribution is 2.48. The summed E-state index contributed by atoms with van der Waals surface area (Å²) in [6.45, 7) is 3.46. The number of carbonyl (C=O) groups excluding carboxylic acids is 2. The fourth-order valence-electron chi connectivity index (χ4n) is 4.08. The van der Waals surface area contributed by atoms with Gasteiger partial charge in [0.2, 0.25) is 11.6 Å². The van der Waals surface area contributed by atoms with Crippen LogP contribution in [0.1, 0.15) is 30.5 Å². The van der Waals surface area contributed by atoms with Gasteiger partial charge in [0.15, 0.2) is 0 Å². The minimum atomic E-state index is -1.29. The molecule has 0 aliphatic carbocycles. The van der Waals surface area contributed by atoms with E-state index in [2.05, 4.69) is 5.92 Å². The number of terminal acetylenes is 1. The Hall–Kier alpha value is -3.52. The molecule has 2 atom stereocenters. The molecule has 0 saturated heterocycles. The number of carbonyl (C=O) groups is 2. The van der Waals surface area contributed by atoms with Gasteiger partial charge in [-0.2, -0.15) is 0 Å². The Bertz CT molecular complexity index is 1050. The zero-order chi connectivity index (χ0) is 20.1. The van der Waals surface area contributed by atoms with E-state index in [9.17, 15) is 9.59 Å². The van der Waals surface area contributed by atoms with E-state index in [1.807, 2.05) is 42.5 Å². The first kappa shape index (κ1) is 17.9. The van der Waals surface area contributed by atoms with E-state index in [0.29, 0.717) is 22.6 Å². The predicted molar refractivity (Wildman–Crippen MR) is 106 cm³/mol. The number of rotatable bonds is 1. The van der Waals surface area contributed by atoms with Crippen LogP contribution < -0.4 is 4.90 Å². The molecule has 0 aromatic heterocycles. The molecule has 0 saturated carbocycles. The van der Waals surface area contributed by atoms with Gasteiger partial charge in [-0.05, 0) is 32.0 Å². The van der Waals surface area contributed by atoms with Crippen LogP contribution in [0.5, 0.6) is 0 Å². The second-order valence-corrected chi connectivity index (χ2v) is 7.02. The summed E-state index contributed by atoms with van der Waals surface area (Å²) in [5, 5.41) is 0. The third-order valence-corrected chi connectivity index (χ3v) is 5.34. The van der Waals surface area contributed by atoms with Crippen molar-refractivity contribution >= 4 is 17.5 Å². The number of benzene rings is 2. The zero-order valence-corrected chi connectivity index (χ0v) is 16.0. The van der Waals surface area contributed by atoms with Crippen molar-refractivity contribution in [2.75, 3.05) is 11.9 Å². The van der Waals surface area contributed by atoms with Crippen LogP contribution >= 0.6 is 0 Å². The van der Waals surface area contributed by atoms with Gasteiger partial charge in [-0.3, -0.25) is 14.5 Å². The highest BCUT2D eigenvalue weighted by Gasteiger charge is 2.55. The van der Waals surface area contributed by atoms with Crippen LogP contribution in [0.15, 0.2) is 60.4 Å². The first-order valence-electron chi connectivity index (χ1n) is 9.05. The summed E-state index contributed by atoms with van der Waals surface area (Å²) in [4.78, 5) is 29.4. The van der Waals surface area contributed by atoms with Gasteiger partial charge in [0.05, 0.1) is 5.69 Å². The van der Waals surface area contributed by atoms with Crippen LogP contribution in [0, 0.1) is 12.3 Å². The van der Waals surface area contributed by atoms with Crippen molar-refractivity contribution in [2.24, 2.45) is 0 Å². The number of amides is 2. The fraction of sp³-hybridized carbons (Fsp3) is 0.217. The molecule has 0 N–H and O–H groups in total. The van der Waals surface area contributed by atoms with Gasteiger partial charge in [0.1, 0.15) is 11.8 Å². The number of anilines is 1. The summed E-state index contributed by atoms with van der Waals surface area (Å²) in [6.07, 6.45) is 7.07. The Kier molecular flexibility index (Phi) is 4.01. The average Bonchev–Trinajstić information content (AvgIpc) is 2.77. The molecule has 5 nitrogen and oxygen atoms in total. The van der Waals surface area contributed by atoms with E-state index in [0.717, 1.165) is 5.56 Å². The standard InChI is InChI=1S/C23H20N2O3/c1-5-17-11-12-20-19(14-17)23(18-9-7-6-8-10-18)25(16(3)22(27)24(20)4)21(26)13-15(2)28-23/h1,6-14,16H,2-4H3. The molecular weight excluding hydrogens is 352 g/mol. The van der Waals surface area contributed by atoms with Crippen LogP contribution in [-0.2, 0) is 20.1 Å². The number of likely N-dealkylation sites (N-methyl/N-ethyl adjacent to an activating group) is 1. The minimum Gasteiger partial charge on any atom is -0.464 e. The highest BCUT2D eigenvalue weighted by molar-refractivity contribution is 6.03. The first-order valence-corrected chi connectivity index (χ1v) is 9.05. The van der Waals surface area contributed by atoms with Gasteiger partial charge in [0.25, 0.3) is 5.91 Å². The van der Waals surface area contributed by atoms with Gasteiger partial charge in [0, 0.05) is 29.8 Å². The largest absolute Gasteiger partial charge is 0.464 e. The van der Waals surface area contributed by atoms with Crippen LogP contribution in [0.3, 0.4) is 0 Å². The number of hydrogen-bond acceptors (Lipinski definition) is 3. The van der Waals surface area contributed by atoms with E-state index >= 15 is 0 Å². The van der Waals surface area contributed by atoms with Crippen LogP contribution in [-0.4, -0.2) is 29.8 Å². The average molecular weight is 372 g/mol. The summed E-state index contributed by atoms with van der Waals surface area (Å²) in [6, 6.07) is 14.1. The Morgan fingerprint density at radius 3 is 2.54 bits per heavy atom. The maximum atomic E-state index is 13.2. The van der Waals surface area contributed by atoms with Gasteiger partial charge in [-0.15, -0.1) is 6.42 Å². The van der Waals surface area contributed by atoms with E-state index < -0.39 is 11.8 Å². The number of ether oxygens (including phenoxy) is 1. The van der Waals surface area contributed by atoms with Crippen LogP contribution in [0.25, 0.3) is 0 Å². The summed E-state index contributed by atoms with van der Waals surface area (Å²) < 4.78 is 6.43. The molecule has 0 bridgehead atoms. The fourth-order valence-corrected chi connectivity index (χ4v) is 4.08.